The van der Waals surface area contributed by atoms with E-state index in [1.165, 1.54) is 12.1 Å². The van der Waals surface area contributed by atoms with E-state index in [1.807, 2.05) is 6.08 Å². The van der Waals surface area contributed by atoms with Crippen molar-refractivity contribution in [1.82, 2.24) is 10.3 Å². The molecule has 216 valence electrons. The van der Waals surface area contributed by atoms with Gasteiger partial charge in [-0.25, -0.2) is 4.39 Å². The SMILES string of the molecule is O=C(N[C@@](CC1=CC=CCC1)(c1cc(F)cc(OC(F)(F)C(F)F)c1)c1ccc(Cl)cn1)C1(C(F)(F)F)CCC1. The number of hydrogen-bond acceptors (Lipinski definition) is 3. The number of nitrogens with one attached hydrogen (secondary N) is 1. The Bertz CT molecular complexity index is 1310. The molecule has 0 radical (unpaired) electrons. The molecule has 2 aliphatic carbocycles. The third-order valence-corrected chi connectivity index (χ3v) is 7.36. The van der Waals surface area contributed by atoms with E-state index in [2.05, 4.69) is 15.0 Å². The summed E-state index contributed by atoms with van der Waals surface area (Å²) >= 11 is 5.97. The van der Waals surface area contributed by atoms with Crippen molar-refractivity contribution in [3.05, 3.63) is 82.4 Å². The van der Waals surface area contributed by atoms with Crippen LogP contribution in [0, 0.1) is 11.2 Å². The summed E-state index contributed by atoms with van der Waals surface area (Å²) < 4.78 is 115. The Morgan fingerprint density at radius 2 is 1.85 bits per heavy atom. The summed E-state index contributed by atoms with van der Waals surface area (Å²) in [7, 11) is 0. The molecule has 0 saturated heterocycles. The number of ether oxygens (including phenoxy) is 1. The summed E-state index contributed by atoms with van der Waals surface area (Å²) in [6.07, 6.45) is -7.99. The molecule has 1 amide bonds. The van der Waals surface area contributed by atoms with Crippen LogP contribution in [0.4, 0.5) is 35.1 Å². The number of pyridine rings is 1. The van der Waals surface area contributed by atoms with Crippen LogP contribution in [-0.4, -0.2) is 29.6 Å². The summed E-state index contributed by atoms with van der Waals surface area (Å²) in [6.45, 7) is 0. The van der Waals surface area contributed by atoms with Gasteiger partial charge < -0.3 is 10.1 Å². The van der Waals surface area contributed by atoms with Crippen LogP contribution in [-0.2, 0) is 10.3 Å². The van der Waals surface area contributed by atoms with Crippen LogP contribution in [0.5, 0.6) is 5.75 Å². The smallest absolute Gasteiger partial charge is 0.428 e. The molecular formula is C27H23ClF8N2O2. The van der Waals surface area contributed by atoms with Crippen LogP contribution in [0.15, 0.2) is 60.3 Å². The second kappa shape index (κ2) is 11.0. The summed E-state index contributed by atoms with van der Waals surface area (Å²) in [5, 5.41) is 2.57. The van der Waals surface area contributed by atoms with Gasteiger partial charge in [-0.15, -0.1) is 0 Å². The summed E-state index contributed by atoms with van der Waals surface area (Å²) in [4.78, 5) is 17.7. The fraction of sp³-hybridized carbons (Fsp3) is 0.407. The number of amides is 1. The molecule has 0 unspecified atom stereocenters. The lowest BCUT2D eigenvalue weighted by Crippen LogP contribution is -2.60. The number of nitrogens with zero attached hydrogens (tertiary/aromatic N) is 1. The van der Waals surface area contributed by atoms with Crippen LogP contribution < -0.4 is 10.1 Å². The van der Waals surface area contributed by atoms with E-state index in [1.54, 1.807) is 12.2 Å². The van der Waals surface area contributed by atoms with E-state index >= 15 is 0 Å². The van der Waals surface area contributed by atoms with Gasteiger partial charge in [0, 0.05) is 18.7 Å². The number of halogens is 9. The number of allylic oxidation sites excluding steroid dienone is 3. The molecule has 2 aliphatic rings. The molecule has 0 bridgehead atoms. The first-order valence-electron chi connectivity index (χ1n) is 12.2. The van der Waals surface area contributed by atoms with E-state index in [-0.39, 0.29) is 29.1 Å². The van der Waals surface area contributed by atoms with E-state index in [0.29, 0.717) is 24.5 Å². The Kier molecular flexibility index (Phi) is 8.22. The van der Waals surface area contributed by atoms with Crippen molar-refractivity contribution in [3.63, 3.8) is 0 Å². The molecule has 1 saturated carbocycles. The predicted octanol–water partition coefficient (Wildman–Crippen LogP) is 7.87. The maximum absolute atomic E-state index is 14.9. The Hall–Kier alpha value is -3.15. The molecule has 1 N–H and O–H groups in total. The van der Waals surface area contributed by atoms with Gasteiger partial charge in [0.15, 0.2) is 0 Å². The molecule has 2 aromatic rings. The molecule has 4 rings (SSSR count). The van der Waals surface area contributed by atoms with E-state index < -0.39 is 60.0 Å². The number of aromatic nitrogens is 1. The van der Waals surface area contributed by atoms with Gasteiger partial charge in [-0.2, -0.15) is 30.7 Å². The number of benzene rings is 1. The van der Waals surface area contributed by atoms with Gasteiger partial charge in [0.05, 0.1) is 10.7 Å². The van der Waals surface area contributed by atoms with Crippen LogP contribution in [0.1, 0.15) is 49.8 Å². The standard InChI is InChI=1S/C27H23ClF8N2O2/c28-18-7-8-21(37-15-18)25(14-16-5-2-1-3-6-16,38-23(39)24(9-4-10-24)27(34,35)36)17-11-19(29)13-20(12-17)40-26(32,33)22(30)31/h1-2,5,7-8,11-13,15,22H,3-4,6,9-10,14H2,(H,38,39)/t25-/m0/s1. The zero-order chi connectivity index (χ0) is 29.3. The van der Waals surface area contributed by atoms with E-state index in [9.17, 15) is 39.9 Å². The quantitative estimate of drug-likeness (QED) is 0.301. The molecule has 1 atom stereocenters. The van der Waals surface area contributed by atoms with Crippen molar-refractivity contribution in [2.45, 2.75) is 62.8 Å². The Morgan fingerprint density at radius 3 is 2.38 bits per heavy atom. The highest BCUT2D eigenvalue weighted by molar-refractivity contribution is 6.30. The average molecular weight is 595 g/mol. The molecular weight excluding hydrogens is 572 g/mol. The topological polar surface area (TPSA) is 51.2 Å². The lowest BCUT2D eigenvalue weighted by atomic mass is 9.66. The van der Waals surface area contributed by atoms with Crippen molar-refractivity contribution in [3.8, 4) is 5.75 Å². The zero-order valence-electron chi connectivity index (χ0n) is 20.7. The number of rotatable bonds is 9. The largest absolute Gasteiger partial charge is 0.461 e. The summed E-state index contributed by atoms with van der Waals surface area (Å²) in [6, 6.07) is 4.63. The monoisotopic (exact) mass is 594 g/mol. The minimum Gasteiger partial charge on any atom is -0.428 e. The summed E-state index contributed by atoms with van der Waals surface area (Å²) in [5.74, 6) is -3.67. The molecule has 1 heterocycles. The lowest BCUT2D eigenvalue weighted by Gasteiger charge is -2.45. The second-order valence-corrected chi connectivity index (χ2v) is 10.2. The molecule has 1 aromatic heterocycles. The van der Waals surface area contributed by atoms with Gasteiger partial charge in [0.2, 0.25) is 5.91 Å². The summed E-state index contributed by atoms with van der Waals surface area (Å²) in [5.41, 5.74) is -4.62. The van der Waals surface area contributed by atoms with Crippen LogP contribution in [0.25, 0.3) is 0 Å². The molecule has 1 fully saturated rings. The van der Waals surface area contributed by atoms with Crippen molar-refractivity contribution >= 4 is 17.5 Å². The van der Waals surface area contributed by atoms with Gasteiger partial charge in [-0.3, -0.25) is 9.78 Å². The maximum Gasteiger partial charge on any atom is 0.461 e. The third kappa shape index (κ3) is 5.82. The van der Waals surface area contributed by atoms with Gasteiger partial charge in [-0.05, 0) is 55.5 Å². The first kappa shape index (κ1) is 29.8. The molecule has 40 heavy (non-hydrogen) atoms. The maximum atomic E-state index is 14.9. The van der Waals surface area contributed by atoms with Gasteiger partial charge in [0.1, 0.15) is 22.5 Å². The minimum absolute atomic E-state index is 0.0884. The third-order valence-electron chi connectivity index (χ3n) is 7.14. The molecule has 0 spiro atoms. The van der Waals surface area contributed by atoms with Crippen LogP contribution >= 0.6 is 11.6 Å². The highest BCUT2D eigenvalue weighted by atomic mass is 35.5. The highest BCUT2D eigenvalue weighted by Crippen LogP contribution is 2.54. The number of alkyl halides is 7. The predicted molar refractivity (Wildman–Crippen MR) is 130 cm³/mol. The first-order valence-corrected chi connectivity index (χ1v) is 12.6. The normalized spacial score (nSPS) is 18.5. The zero-order valence-corrected chi connectivity index (χ0v) is 21.4. The van der Waals surface area contributed by atoms with Gasteiger partial charge in [0.25, 0.3) is 0 Å². The van der Waals surface area contributed by atoms with E-state index in [0.717, 1.165) is 18.3 Å². The Balaban J connectivity index is 1.93. The van der Waals surface area contributed by atoms with Gasteiger partial charge >= 0.3 is 18.7 Å². The second-order valence-electron chi connectivity index (χ2n) is 9.76. The van der Waals surface area contributed by atoms with Crippen LogP contribution in [0.2, 0.25) is 5.02 Å². The van der Waals surface area contributed by atoms with Crippen molar-refractivity contribution in [2.24, 2.45) is 5.41 Å². The highest BCUT2D eigenvalue weighted by Gasteiger charge is 2.64. The average Bonchev–Trinajstić information content (AvgIpc) is 2.82. The molecule has 0 aliphatic heterocycles. The fourth-order valence-electron chi connectivity index (χ4n) is 4.84. The Labute approximate surface area is 229 Å². The van der Waals surface area contributed by atoms with Crippen molar-refractivity contribution in [2.75, 3.05) is 0 Å². The number of hydrogen-bond donors (Lipinski definition) is 1. The molecule has 4 nitrogen and oxygen atoms in total. The molecule has 13 heteroatoms. The Morgan fingerprint density at radius 1 is 1.12 bits per heavy atom. The first-order chi connectivity index (χ1) is 18.7. The number of carbonyl (C=O) groups is 1. The molecule has 1 aromatic carbocycles. The number of carbonyl (C=O) groups excluding carboxylic acids is 1. The van der Waals surface area contributed by atoms with E-state index in [4.69, 9.17) is 11.6 Å². The van der Waals surface area contributed by atoms with Crippen molar-refractivity contribution in [1.29, 1.82) is 0 Å². The van der Waals surface area contributed by atoms with Crippen LogP contribution in [0.3, 0.4) is 0 Å². The van der Waals surface area contributed by atoms with Crippen molar-refractivity contribution < 1.29 is 44.7 Å². The lowest BCUT2D eigenvalue weighted by molar-refractivity contribution is -0.253. The fourth-order valence-corrected chi connectivity index (χ4v) is 4.95. The minimum atomic E-state index is -5.00. The van der Waals surface area contributed by atoms with Gasteiger partial charge in [-0.1, -0.05) is 41.8 Å².